The maximum absolute atomic E-state index is 13.2. The number of nitrogens with one attached hydrogen (secondary N) is 1. The number of nitrogens with two attached hydrogens (primary N) is 1. The Bertz CT molecular complexity index is 823. The lowest BCUT2D eigenvalue weighted by molar-refractivity contribution is -0.137. The molecule has 0 aliphatic heterocycles. The smallest absolute Gasteiger partial charge is 0.337 e. The molecule has 3 N–H and O–H groups in total. The van der Waals surface area contributed by atoms with Gasteiger partial charge in [0.25, 0.3) is 5.91 Å². The minimum atomic E-state index is -4.65. The van der Waals surface area contributed by atoms with Gasteiger partial charge in [-0.1, -0.05) is 30.3 Å². The lowest BCUT2D eigenvalue weighted by Crippen LogP contribution is -2.37. The standard InChI is InChI=1S/C20H22F3N3O2/c1-14(27)25-18-12-16(11-17(13-18)20(21,22)23)19(28)26(10-8-24)9-7-15-5-3-2-4-6-15/h2-6,11-13H,7-10,24H2,1H3,(H,25,27). The summed E-state index contributed by atoms with van der Waals surface area (Å²) in [5.74, 6) is -1.10. The van der Waals surface area contributed by atoms with Crippen molar-refractivity contribution in [1.82, 2.24) is 4.90 Å². The number of amides is 2. The molecule has 2 rings (SSSR count). The number of hydrogen-bond donors (Lipinski definition) is 2. The summed E-state index contributed by atoms with van der Waals surface area (Å²) in [5, 5.41) is 2.31. The summed E-state index contributed by atoms with van der Waals surface area (Å²) >= 11 is 0. The van der Waals surface area contributed by atoms with E-state index in [-0.39, 0.29) is 24.3 Å². The third kappa shape index (κ3) is 6.09. The first-order valence-electron chi connectivity index (χ1n) is 8.74. The molecule has 0 saturated heterocycles. The SMILES string of the molecule is CC(=O)Nc1cc(C(=O)N(CCN)CCc2ccccc2)cc(C(F)(F)F)c1. The molecule has 0 heterocycles. The van der Waals surface area contributed by atoms with Crippen molar-refractivity contribution in [2.45, 2.75) is 19.5 Å². The highest BCUT2D eigenvalue weighted by Gasteiger charge is 2.32. The van der Waals surface area contributed by atoms with E-state index in [4.69, 9.17) is 5.73 Å². The van der Waals surface area contributed by atoms with E-state index >= 15 is 0 Å². The number of hydrogen-bond acceptors (Lipinski definition) is 3. The molecule has 5 nitrogen and oxygen atoms in total. The number of benzene rings is 2. The van der Waals surface area contributed by atoms with Crippen LogP contribution in [0.3, 0.4) is 0 Å². The summed E-state index contributed by atoms with van der Waals surface area (Å²) in [6.45, 7) is 1.88. The van der Waals surface area contributed by atoms with E-state index in [2.05, 4.69) is 5.32 Å². The monoisotopic (exact) mass is 393 g/mol. The Morgan fingerprint density at radius 2 is 1.75 bits per heavy atom. The lowest BCUT2D eigenvalue weighted by atomic mass is 10.1. The summed E-state index contributed by atoms with van der Waals surface area (Å²) in [6, 6.07) is 12.3. The summed E-state index contributed by atoms with van der Waals surface area (Å²) in [6.07, 6.45) is -4.10. The minimum Gasteiger partial charge on any atom is -0.337 e. The molecule has 2 amide bonds. The Labute approximate surface area is 161 Å². The summed E-state index contributed by atoms with van der Waals surface area (Å²) in [4.78, 5) is 25.5. The van der Waals surface area contributed by atoms with Gasteiger partial charge in [-0.3, -0.25) is 9.59 Å². The largest absolute Gasteiger partial charge is 0.416 e. The highest BCUT2D eigenvalue weighted by Crippen LogP contribution is 2.32. The molecule has 2 aromatic carbocycles. The van der Waals surface area contributed by atoms with E-state index in [0.717, 1.165) is 17.7 Å². The molecule has 0 unspecified atom stereocenters. The Morgan fingerprint density at radius 1 is 1.07 bits per heavy atom. The third-order valence-electron chi connectivity index (χ3n) is 4.03. The van der Waals surface area contributed by atoms with Crippen molar-refractivity contribution in [2.24, 2.45) is 5.73 Å². The number of halogens is 3. The van der Waals surface area contributed by atoms with Gasteiger partial charge in [0.05, 0.1) is 5.56 Å². The first-order chi connectivity index (χ1) is 13.2. The van der Waals surface area contributed by atoms with Gasteiger partial charge in [-0.25, -0.2) is 0 Å². The van der Waals surface area contributed by atoms with Crippen molar-refractivity contribution in [3.8, 4) is 0 Å². The number of carbonyl (C=O) groups is 2. The van der Waals surface area contributed by atoms with Crippen LogP contribution < -0.4 is 11.1 Å². The fourth-order valence-corrected chi connectivity index (χ4v) is 2.75. The van der Waals surface area contributed by atoms with Gasteiger partial charge in [0, 0.05) is 37.8 Å². The van der Waals surface area contributed by atoms with E-state index < -0.39 is 23.6 Å². The normalized spacial score (nSPS) is 11.2. The third-order valence-corrected chi connectivity index (χ3v) is 4.03. The second-order valence-electron chi connectivity index (χ2n) is 6.29. The van der Waals surface area contributed by atoms with Crippen molar-refractivity contribution in [3.05, 3.63) is 65.2 Å². The van der Waals surface area contributed by atoms with E-state index in [1.165, 1.54) is 17.9 Å². The van der Waals surface area contributed by atoms with Gasteiger partial charge in [0.1, 0.15) is 0 Å². The molecule has 0 aliphatic carbocycles. The van der Waals surface area contributed by atoms with E-state index in [1.54, 1.807) is 0 Å². The second-order valence-corrected chi connectivity index (χ2v) is 6.29. The number of alkyl halides is 3. The van der Waals surface area contributed by atoms with Crippen LogP contribution in [0.25, 0.3) is 0 Å². The first-order valence-corrected chi connectivity index (χ1v) is 8.74. The summed E-state index contributed by atoms with van der Waals surface area (Å²) in [7, 11) is 0. The molecule has 0 atom stereocenters. The van der Waals surface area contributed by atoms with Gasteiger partial charge in [-0.15, -0.1) is 0 Å². The molecule has 0 aromatic heterocycles. The average Bonchev–Trinajstić information content (AvgIpc) is 2.64. The number of anilines is 1. The highest BCUT2D eigenvalue weighted by molar-refractivity contribution is 5.97. The van der Waals surface area contributed by atoms with E-state index in [9.17, 15) is 22.8 Å². The highest BCUT2D eigenvalue weighted by atomic mass is 19.4. The van der Waals surface area contributed by atoms with Crippen molar-refractivity contribution >= 4 is 17.5 Å². The fourth-order valence-electron chi connectivity index (χ4n) is 2.75. The Morgan fingerprint density at radius 3 is 2.32 bits per heavy atom. The van der Waals surface area contributed by atoms with Crippen molar-refractivity contribution in [3.63, 3.8) is 0 Å². The number of nitrogens with zero attached hydrogens (tertiary/aromatic N) is 1. The molecular formula is C20H22F3N3O2. The van der Waals surface area contributed by atoms with Crippen LogP contribution in [-0.2, 0) is 17.4 Å². The molecular weight excluding hydrogens is 371 g/mol. The number of carbonyl (C=O) groups excluding carboxylic acids is 2. The van der Waals surface area contributed by atoms with Gasteiger partial charge in [-0.2, -0.15) is 13.2 Å². The van der Waals surface area contributed by atoms with Crippen LogP contribution in [0.5, 0.6) is 0 Å². The van der Waals surface area contributed by atoms with Crippen molar-refractivity contribution < 1.29 is 22.8 Å². The molecule has 150 valence electrons. The fraction of sp³-hybridized carbons (Fsp3) is 0.300. The first kappa shape index (κ1) is 21.4. The van der Waals surface area contributed by atoms with Gasteiger partial charge in [0.15, 0.2) is 0 Å². The Balaban J connectivity index is 2.30. The lowest BCUT2D eigenvalue weighted by Gasteiger charge is -2.23. The predicted octanol–water partition coefficient (Wildman–Crippen LogP) is 3.31. The van der Waals surface area contributed by atoms with Crippen molar-refractivity contribution in [2.75, 3.05) is 25.0 Å². The molecule has 0 fully saturated rings. The molecule has 0 aliphatic rings. The molecule has 2 aromatic rings. The van der Waals surface area contributed by atoms with E-state index in [1.807, 2.05) is 30.3 Å². The van der Waals surface area contributed by atoms with Crippen LogP contribution in [0.4, 0.5) is 18.9 Å². The topological polar surface area (TPSA) is 75.4 Å². The summed E-state index contributed by atoms with van der Waals surface area (Å²) < 4.78 is 39.6. The van der Waals surface area contributed by atoms with Gasteiger partial charge >= 0.3 is 6.18 Å². The molecule has 0 bridgehead atoms. The zero-order valence-electron chi connectivity index (χ0n) is 15.4. The molecule has 28 heavy (non-hydrogen) atoms. The number of rotatable bonds is 7. The Hall–Kier alpha value is -2.87. The van der Waals surface area contributed by atoms with Crippen LogP contribution >= 0.6 is 0 Å². The van der Waals surface area contributed by atoms with Gasteiger partial charge in [-0.05, 0) is 30.2 Å². The maximum atomic E-state index is 13.2. The zero-order chi connectivity index (χ0) is 20.7. The molecule has 0 saturated carbocycles. The second kappa shape index (κ2) is 9.36. The average molecular weight is 393 g/mol. The van der Waals surface area contributed by atoms with Gasteiger partial charge in [0.2, 0.25) is 5.91 Å². The predicted molar refractivity (Wildman–Crippen MR) is 101 cm³/mol. The van der Waals surface area contributed by atoms with Crippen molar-refractivity contribution in [1.29, 1.82) is 0 Å². The van der Waals surface area contributed by atoms with E-state index in [0.29, 0.717) is 13.0 Å². The van der Waals surface area contributed by atoms with Crippen LogP contribution in [-0.4, -0.2) is 36.3 Å². The van der Waals surface area contributed by atoms with Crippen LogP contribution in [0.1, 0.15) is 28.4 Å². The van der Waals surface area contributed by atoms with Gasteiger partial charge < -0.3 is 16.0 Å². The quantitative estimate of drug-likeness (QED) is 0.758. The zero-order valence-corrected chi connectivity index (χ0v) is 15.4. The molecule has 0 spiro atoms. The summed E-state index contributed by atoms with van der Waals surface area (Å²) in [5.41, 5.74) is 5.34. The van der Waals surface area contributed by atoms with Crippen LogP contribution in [0.15, 0.2) is 48.5 Å². The molecule has 0 radical (unpaired) electrons. The maximum Gasteiger partial charge on any atom is 0.416 e. The van der Waals surface area contributed by atoms with Crippen LogP contribution in [0, 0.1) is 0 Å². The Kier molecular flexibility index (Phi) is 7.17. The minimum absolute atomic E-state index is 0.0820. The molecule has 8 heteroatoms. The van der Waals surface area contributed by atoms with Crippen LogP contribution in [0.2, 0.25) is 0 Å².